The summed E-state index contributed by atoms with van der Waals surface area (Å²) in [7, 11) is 3.63. The molecule has 5 heteroatoms. The number of hydrogen-bond acceptors (Lipinski definition) is 4. The second-order valence-corrected chi connectivity index (χ2v) is 7.99. The van der Waals surface area contributed by atoms with Crippen molar-refractivity contribution < 1.29 is 9.90 Å². The smallest absolute Gasteiger partial charge is 0.244 e. The summed E-state index contributed by atoms with van der Waals surface area (Å²) in [6.07, 6.45) is 0. The monoisotopic (exact) mass is 367 g/mol. The summed E-state index contributed by atoms with van der Waals surface area (Å²) in [4.78, 5) is 19.4. The Hall–Kier alpha value is -2.53. The highest BCUT2D eigenvalue weighted by Crippen LogP contribution is 2.34. The predicted molar refractivity (Wildman–Crippen MR) is 109 cm³/mol. The molecule has 0 spiro atoms. The third kappa shape index (κ3) is 4.08. The molecule has 1 atom stereocenters. The van der Waals surface area contributed by atoms with Gasteiger partial charge in [0, 0.05) is 45.0 Å². The minimum Gasteiger partial charge on any atom is -0.508 e. The fraction of sp³-hybridized carbons (Fsp3) is 0.409. The summed E-state index contributed by atoms with van der Waals surface area (Å²) in [5.74, 6) is 0.379. The summed E-state index contributed by atoms with van der Waals surface area (Å²) in [5, 5.41) is 9.54. The van der Waals surface area contributed by atoms with E-state index in [4.69, 9.17) is 0 Å². The van der Waals surface area contributed by atoms with Crippen LogP contribution in [0.1, 0.15) is 25.5 Å². The largest absolute Gasteiger partial charge is 0.508 e. The molecular formula is C22H29N3O2. The van der Waals surface area contributed by atoms with Gasteiger partial charge in [-0.2, -0.15) is 0 Å². The lowest BCUT2D eigenvalue weighted by Gasteiger charge is -2.51. The lowest BCUT2D eigenvalue weighted by Crippen LogP contribution is -2.62. The molecular weight excluding hydrogens is 338 g/mol. The molecule has 2 aromatic rings. The van der Waals surface area contributed by atoms with Gasteiger partial charge in [-0.05, 0) is 43.7 Å². The number of piperazine rings is 1. The number of benzene rings is 2. The van der Waals surface area contributed by atoms with Crippen molar-refractivity contribution in [3.8, 4) is 5.75 Å². The highest BCUT2D eigenvalue weighted by Gasteiger charge is 2.41. The zero-order valence-corrected chi connectivity index (χ0v) is 16.6. The van der Waals surface area contributed by atoms with Gasteiger partial charge in [0.15, 0.2) is 0 Å². The number of carbonyl (C=O) groups is 1. The van der Waals surface area contributed by atoms with Crippen LogP contribution in [-0.4, -0.2) is 60.1 Å². The van der Waals surface area contributed by atoms with Crippen molar-refractivity contribution in [3.63, 3.8) is 0 Å². The first-order valence-electron chi connectivity index (χ1n) is 9.36. The van der Waals surface area contributed by atoms with Gasteiger partial charge in [-0.1, -0.05) is 30.3 Å². The molecule has 0 aliphatic carbocycles. The molecule has 1 N–H and O–H groups in total. The Morgan fingerprint density at radius 2 is 1.67 bits per heavy atom. The molecule has 3 rings (SSSR count). The van der Waals surface area contributed by atoms with E-state index in [1.54, 1.807) is 17.0 Å². The molecule has 27 heavy (non-hydrogen) atoms. The van der Waals surface area contributed by atoms with Crippen LogP contribution in [0.2, 0.25) is 0 Å². The first-order valence-corrected chi connectivity index (χ1v) is 9.36. The Morgan fingerprint density at radius 1 is 1.04 bits per heavy atom. The van der Waals surface area contributed by atoms with Crippen molar-refractivity contribution in [2.75, 3.05) is 38.6 Å². The second-order valence-electron chi connectivity index (χ2n) is 7.99. The SMILES string of the molecule is CN(C)C(=O)C(c1ccccc1)N1CCN(c2ccc(O)cc2)CC1(C)C. The number of anilines is 1. The number of rotatable bonds is 4. The van der Waals surface area contributed by atoms with Crippen LogP contribution in [0.4, 0.5) is 5.69 Å². The van der Waals surface area contributed by atoms with Crippen LogP contribution in [0.15, 0.2) is 54.6 Å². The van der Waals surface area contributed by atoms with E-state index in [0.717, 1.165) is 30.9 Å². The fourth-order valence-electron chi connectivity index (χ4n) is 3.87. The van der Waals surface area contributed by atoms with Gasteiger partial charge in [-0.25, -0.2) is 0 Å². The van der Waals surface area contributed by atoms with E-state index in [0.29, 0.717) is 0 Å². The minimum absolute atomic E-state index is 0.104. The van der Waals surface area contributed by atoms with Crippen LogP contribution in [0.3, 0.4) is 0 Å². The van der Waals surface area contributed by atoms with E-state index < -0.39 is 0 Å². The van der Waals surface area contributed by atoms with Crippen molar-refractivity contribution in [2.45, 2.75) is 25.4 Å². The van der Waals surface area contributed by atoms with E-state index in [9.17, 15) is 9.90 Å². The van der Waals surface area contributed by atoms with Gasteiger partial charge in [0.1, 0.15) is 11.8 Å². The maximum atomic E-state index is 13.1. The fourth-order valence-corrected chi connectivity index (χ4v) is 3.87. The first kappa shape index (κ1) is 19.2. The normalized spacial score (nSPS) is 18.1. The summed E-state index contributed by atoms with van der Waals surface area (Å²) in [6, 6.07) is 17.1. The van der Waals surface area contributed by atoms with E-state index in [1.165, 1.54) is 0 Å². The topological polar surface area (TPSA) is 47.0 Å². The molecule has 0 bridgehead atoms. The molecule has 1 heterocycles. The average molecular weight is 367 g/mol. The molecule has 1 amide bonds. The highest BCUT2D eigenvalue weighted by atomic mass is 16.3. The number of amides is 1. The van der Waals surface area contributed by atoms with Gasteiger partial charge in [0.25, 0.3) is 0 Å². The first-order chi connectivity index (χ1) is 12.8. The zero-order valence-electron chi connectivity index (χ0n) is 16.6. The summed E-state index contributed by atoms with van der Waals surface area (Å²) in [6.45, 7) is 6.81. The van der Waals surface area contributed by atoms with Gasteiger partial charge in [0.05, 0.1) is 0 Å². The highest BCUT2D eigenvalue weighted by molar-refractivity contribution is 5.83. The molecule has 0 radical (unpaired) electrons. The molecule has 144 valence electrons. The molecule has 1 aliphatic rings. The Kier molecular flexibility index (Phi) is 5.42. The van der Waals surface area contributed by atoms with Crippen LogP contribution in [-0.2, 0) is 4.79 Å². The number of aromatic hydroxyl groups is 1. The van der Waals surface area contributed by atoms with Crippen molar-refractivity contribution in [3.05, 3.63) is 60.2 Å². The zero-order chi connectivity index (χ0) is 19.6. The van der Waals surface area contributed by atoms with Gasteiger partial charge < -0.3 is 14.9 Å². The quantitative estimate of drug-likeness (QED) is 0.902. The summed E-state index contributed by atoms with van der Waals surface area (Å²) >= 11 is 0. The number of carbonyl (C=O) groups excluding carboxylic acids is 1. The minimum atomic E-state index is -0.293. The molecule has 1 aliphatic heterocycles. The third-order valence-corrected chi connectivity index (χ3v) is 5.28. The van der Waals surface area contributed by atoms with Crippen LogP contribution in [0.25, 0.3) is 0 Å². The van der Waals surface area contributed by atoms with Crippen molar-refractivity contribution >= 4 is 11.6 Å². The number of hydrogen-bond donors (Lipinski definition) is 1. The van der Waals surface area contributed by atoms with Gasteiger partial charge in [0.2, 0.25) is 5.91 Å². The average Bonchev–Trinajstić information content (AvgIpc) is 2.64. The van der Waals surface area contributed by atoms with Gasteiger partial charge in [-0.15, -0.1) is 0 Å². The van der Waals surface area contributed by atoms with Crippen LogP contribution >= 0.6 is 0 Å². The van der Waals surface area contributed by atoms with Gasteiger partial charge >= 0.3 is 0 Å². The number of phenolic OH excluding ortho intramolecular Hbond substituents is 1. The van der Waals surface area contributed by atoms with Crippen LogP contribution < -0.4 is 4.90 Å². The third-order valence-electron chi connectivity index (χ3n) is 5.28. The Balaban J connectivity index is 1.88. The van der Waals surface area contributed by atoms with Gasteiger partial charge in [-0.3, -0.25) is 9.69 Å². The Labute approximate surface area is 161 Å². The van der Waals surface area contributed by atoms with Crippen LogP contribution in [0, 0.1) is 0 Å². The molecule has 1 saturated heterocycles. The molecule has 0 aromatic heterocycles. The van der Waals surface area contributed by atoms with E-state index in [2.05, 4.69) is 23.6 Å². The molecule has 5 nitrogen and oxygen atoms in total. The van der Waals surface area contributed by atoms with E-state index >= 15 is 0 Å². The van der Waals surface area contributed by atoms with Crippen LogP contribution in [0.5, 0.6) is 5.75 Å². The molecule has 1 unspecified atom stereocenters. The molecule has 1 fully saturated rings. The lowest BCUT2D eigenvalue weighted by atomic mass is 9.92. The Morgan fingerprint density at radius 3 is 2.22 bits per heavy atom. The lowest BCUT2D eigenvalue weighted by molar-refractivity contribution is -0.137. The standard InChI is InChI=1S/C22H29N3O2/c1-22(2)16-24(18-10-12-19(26)13-11-18)14-15-25(22)20(21(27)23(3)4)17-8-6-5-7-9-17/h5-13,20,26H,14-16H2,1-4H3. The van der Waals surface area contributed by atoms with Crippen molar-refractivity contribution in [1.29, 1.82) is 0 Å². The maximum Gasteiger partial charge on any atom is 0.244 e. The van der Waals surface area contributed by atoms with E-state index in [-0.39, 0.29) is 23.2 Å². The predicted octanol–water partition coefficient (Wildman–Crippen LogP) is 3.12. The number of nitrogens with zero attached hydrogens (tertiary/aromatic N) is 3. The second kappa shape index (κ2) is 7.61. The maximum absolute atomic E-state index is 13.1. The van der Waals surface area contributed by atoms with Crippen molar-refractivity contribution in [2.24, 2.45) is 0 Å². The number of likely N-dealkylation sites (N-methyl/N-ethyl adjacent to an activating group) is 1. The van der Waals surface area contributed by atoms with Crippen molar-refractivity contribution in [1.82, 2.24) is 9.80 Å². The molecule has 0 saturated carbocycles. The summed E-state index contributed by atoms with van der Waals surface area (Å²) < 4.78 is 0. The number of phenols is 1. The Bertz CT molecular complexity index is 772. The van der Waals surface area contributed by atoms with E-state index in [1.807, 2.05) is 56.6 Å². The summed E-state index contributed by atoms with van der Waals surface area (Å²) in [5.41, 5.74) is 1.93. The molecule has 2 aromatic carbocycles.